The number of carbonyl (C=O) groups excluding carboxylic acids is 1. The Bertz CT molecular complexity index is 691. The number of amides is 1. The highest BCUT2D eigenvalue weighted by Crippen LogP contribution is 2.25. The number of hydrazone groups is 1. The zero-order chi connectivity index (χ0) is 16.1. The number of hydrogen-bond acceptors (Lipinski definition) is 4. The third-order valence-electron chi connectivity index (χ3n) is 3.01. The van der Waals surface area contributed by atoms with Crippen molar-refractivity contribution in [3.8, 4) is 0 Å². The summed E-state index contributed by atoms with van der Waals surface area (Å²) in [5, 5.41) is 6.89. The number of nitrogens with zero attached hydrogens (tertiary/aromatic N) is 1. The van der Waals surface area contributed by atoms with Crippen molar-refractivity contribution in [1.29, 1.82) is 0 Å². The Labute approximate surface area is 145 Å². The van der Waals surface area contributed by atoms with E-state index in [-0.39, 0.29) is 12.5 Å². The van der Waals surface area contributed by atoms with Gasteiger partial charge in [0, 0.05) is 11.8 Å². The number of benzene rings is 1. The maximum absolute atomic E-state index is 11.7. The summed E-state index contributed by atoms with van der Waals surface area (Å²) in [5.41, 5.74) is 5.73. The molecule has 5 nitrogen and oxygen atoms in total. The minimum Gasteiger partial charge on any atom is -0.447 e. The normalized spacial score (nSPS) is 10.9. The lowest BCUT2D eigenvalue weighted by Crippen LogP contribution is -2.25. The van der Waals surface area contributed by atoms with E-state index in [1.165, 1.54) is 17.3 Å². The molecule has 0 atom stereocenters. The zero-order valence-electron chi connectivity index (χ0n) is 12.1. The van der Waals surface area contributed by atoms with Crippen LogP contribution in [0.15, 0.2) is 42.9 Å². The molecule has 0 spiro atoms. The van der Waals surface area contributed by atoms with E-state index in [0.717, 1.165) is 10.2 Å². The van der Waals surface area contributed by atoms with Crippen molar-refractivity contribution in [2.45, 2.75) is 13.8 Å². The SMILES string of the molecule is Cc1ccc(NCC(=O)N/N=C\c2cc(Br)c(Br)o2)cc1C. The molecule has 1 aromatic heterocycles. The van der Waals surface area contributed by atoms with E-state index < -0.39 is 0 Å². The molecule has 0 aliphatic heterocycles. The number of nitrogens with one attached hydrogen (secondary N) is 2. The molecule has 116 valence electrons. The number of rotatable bonds is 5. The van der Waals surface area contributed by atoms with Crippen molar-refractivity contribution in [3.05, 3.63) is 50.3 Å². The quantitative estimate of drug-likeness (QED) is 0.559. The first-order valence-electron chi connectivity index (χ1n) is 6.53. The molecule has 2 aromatic rings. The summed E-state index contributed by atoms with van der Waals surface area (Å²) in [4.78, 5) is 11.7. The Balaban J connectivity index is 1.81. The Morgan fingerprint density at radius 1 is 1.27 bits per heavy atom. The summed E-state index contributed by atoms with van der Waals surface area (Å²) in [6.45, 7) is 4.22. The van der Waals surface area contributed by atoms with Crippen LogP contribution in [0.5, 0.6) is 0 Å². The lowest BCUT2D eigenvalue weighted by atomic mass is 10.1. The number of hydrogen-bond donors (Lipinski definition) is 2. The van der Waals surface area contributed by atoms with E-state index in [2.05, 4.69) is 47.7 Å². The van der Waals surface area contributed by atoms with Crippen LogP contribution >= 0.6 is 31.9 Å². The van der Waals surface area contributed by atoms with Gasteiger partial charge in [-0.1, -0.05) is 6.07 Å². The number of carbonyl (C=O) groups is 1. The minimum atomic E-state index is -0.237. The van der Waals surface area contributed by atoms with Crippen LogP contribution in [-0.2, 0) is 4.79 Å². The molecule has 0 radical (unpaired) electrons. The van der Waals surface area contributed by atoms with E-state index in [0.29, 0.717) is 10.4 Å². The van der Waals surface area contributed by atoms with Crippen molar-refractivity contribution in [2.24, 2.45) is 5.10 Å². The van der Waals surface area contributed by atoms with Crippen LogP contribution in [-0.4, -0.2) is 18.7 Å². The molecule has 0 aliphatic carbocycles. The van der Waals surface area contributed by atoms with Crippen LogP contribution in [0.3, 0.4) is 0 Å². The smallest absolute Gasteiger partial charge is 0.259 e. The molecule has 1 aromatic carbocycles. The maximum atomic E-state index is 11.7. The van der Waals surface area contributed by atoms with Gasteiger partial charge in [0.25, 0.3) is 5.91 Å². The summed E-state index contributed by atoms with van der Waals surface area (Å²) in [7, 11) is 0. The van der Waals surface area contributed by atoms with E-state index in [1.54, 1.807) is 6.07 Å². The maximum Gasteiger partial charge on any atom is 0.259 e. The van der Waals surface area contributed by atoms with Gasteiger partial charge in [0.15, 0.2) is 4.67 Å². The van der Waals surface area contributed by atoms with E-state index in [4.69, 9.17) is 4.42 Å². The van der Waals surface area contributed by atoms with Gasteiger partial charge in [0.2, 0.25) is 0 Å². The largest absolute Gasteiger partial charge is 0.447 e. The second kappa shape index (κ2) is 7.60. The van der Waals surface area contributed by atoms with Crippen LogP contribution in [0.25, 0.3) is 0 Å². The fourth-order valence-electron chi connectivity index (χ4n) is 1.67. The van der Waals surface area contributed by atoms with Crippen LogP contribution in [0.2, 0.25) is 0 Å². The molecule has 0 saturated carbocycles. The standard InChI is InChI=1S/C15H15Br2N3O2/c1-9-3-4-11(5-10(9)2)18-8-14(21)20-19-7-12-6-13(16)15(17)22-12/h3-7,18H,8H2,1-2H3,(H,20,21)/b19-7-. The predicted molar refractivity (Wildman–Crippen MR) is 94.3 cm³/mol. The van der Waals surface area contributed by atoms with Crippen molar-refractivity contribution in [1.82, 2.24) is 5.43 Å². The average Bonchev–Trinajstić information content (AvgIpc) is 2.79. The molecule has 2 N–H and O–H groups in total. The van der Waals surface area contributed by atoms with E-state index in [9.17, 15) is 4.79 Å². The number of anilines is 1. The summed E-state index contributed by atoms with van der Waals surface area (Å²) in [5.74, 6) is 0.292. The lowest BCUT2D eigenvalue weighted by Gasteiger charge is -2.07. The third kappa shape index (κ3) is 4.71. The molecule has 7 heteroatoms. The van der Waals surface area contributed by atoms with Crippen molar-refractivity contribution >= 4 is 49.7 Å². The Morgan fingerprint density at radius 3 is 2.68 bits per heavy atom. The summed E-state index contributed by atoms with van der Waals surface area (Å²) >= 11 is 6.52. The van der Waals surface area contributed by atoms with Gasteiger partial charge in [-0.2, -0.15) is 5.10 Å². The fraction of sp³-hybridized carbons (Fsp3) is 0.200. The second-order valence-corrected chi connectivity index (χ2v) is 6.29. The van der Waals surface area contributed by atoms with E-state index in [1.807, 2.05) is 32.0 Å². The van der Waals surface area contributed by atoms with Gasteiger partial charge in [0.05, 0.1) is 17.2 Å². The van der Waals surface area contributed by atoms with Gasteiger partial charge < -0.3 is 9.73 Å². The Kier molecular flexibility index (Phi) is 5.79. The monoisotopic (exact) mass is 427 g/mol. The molecule has 0 fully saturated rings. The fourth-order valence-corrected chi connectivity index (χ4v) is 2.28. The zero-order valence-corrected chi connectivity index (χ0v) is 15.3. The van der Waals surface area contributed by atoms with Crippen molar-refractivity contribution < 1.29 is 9.21 Å². The molecule has 0 saturated heterocycles. The number of furan rings is 1. The molecule has 2 rings (SSSR count). The molecule has 0 bridgehead atoms. The molecule has 22 heavy (non-hydrogen) atoms. The van der Waals surface area contributed by atoms with Crippen LogP contribution in [0.4, 0.5) is 5.69 Å². The summed E-state index contributed by atoms with van der Waals surface area (Å²) < 4.78 is 6.67. The van der Waals surface area contributed by atoms with Gasteiger partial charge in [-0.05, 0) is 69.0 Å². The van der Waals surface area contributed by atoms with Gasteiger partial charge in [-0.3, -0.25) is 4.79 Å². The van der Waals surface area contributed by atoms with Gasteiger partial charge in [-0.15, -0.1) is 0 Å². The van der Waals surface area contributed by atoms with Crippen molar-refractivity contribution in [3.63, 3.8) is 0 Å². The van der Waals surface area contributed by atoms with Crippen LogP contribution in [0, 0.1) is 13.8 Å². The molecular formula is C15H15Br2N3O2. The second-order valence-electron chi connectivity index (χ2n) is 4.72. The lowest BCUT2D eigenvalue weighted by molar-refractivity contribution is -0.119. The molecular weight excluding hydrogens is 414 g/mol. The molecule has 1 heterocycles. The summed E-state index contributed by atoms with van der Waals surface area (Å²) in [6.07, 6.45) is 1.43. The van der Waals surface area contributed by atoms with Gasteiger partial charge in [0.1, 0.15) is 5.76 Å². The number of halogens is 2. The highest BCUT2D eigenvalue weighted by molar-refractivity contribution is 9.13. The van der Waals surface area contributed by atoms with Gasteiger partial charge in [-0.25, -0.2) is 5.43 Å². The molecule has 1 amide bonds. The highest BCUT2D eigenvalue weighted by atomic mass is 79.9. The Hall–Kier alpha value is -1.60. The minimum absolute atomic E-state index is 0.144. The first-order chi connectivity index (χ1) is 10.5. The molecule has 0 unspecified atom stereocenters. The van der Waals surface area contributed by atoms with E-state index >= 15 is 0 Å². The van der Waals surface area contributed by atoms with Crippen molar-refractivity contribution in [2.75, 3.05) is 11.9 Å². The third-order valence-corrected chi connectivity index (χ3v) is 4.72. The van der Waals surface area contributed by atoms with Crippen LogP contribution in [0.1, 0.15) is 16.9 Å². The highest BCUT2D eigenvalue weighted by Gasteiger charge is 2.04. The van der Waals surface area contributed by atoms with Gasteiger partial charge >= 0.3 is 0 Å². The predicted octanol–water partition coefficient (Wildman–Crippen LogP) is 3.98. The first-order valence-corrected chi connectivity index (χ1v) is 8.12. The Morgan fingerprint density at radius 2 is 2.05 bits per heavy atom. The number of aryl methyl sites for hydroxylation is 2. The molecule has 0 aliphatic rings. The van der Waals surface area contributed by atoms with Crippen LogP contribution < -0.4 is 10.7 Å². The topological polar surface area (TPSA) is 66.6 Å². The first kappa shape index (κ1) is 16.8. The average molecular weight is 429 g/mol. The summed E-state index contributed by atoms with van der Waals surface area (Å²) in [6, 6.07) is 7.70.